The maximum absolute atomic E-state index is 13.3. The fraction of sp³-hybridized carbons (Fsp3) is 0.429. The average molecular weight is 395 g/mol. The van der Waals surface area contributed by atoms with Crippen LogP contribution in [-0.2, 0) is 21.6 Å². The van der Waals surface area contributed by atoms with Gasteiger partial charge < -0.3 is 15.2 Å². The summed E-state index contributed by atoms with van der Waals surface area (Å²) in [4.78, 5) is 42.8. The molecule has 4 aliphatic rings. The van der Waals surface area contributed by atoms with E-state index in [1.807, 2.05) is 0 Å². The van der Waals surface area contributed by atoms with E-state index >= 15 is 0 Å². The third-order valence-electron chi connectivity index (χ3n) is 5.57. The first-order valence-corrected chi connectivity index (χ1v) is 9.64. The van der Waals surface area contributed by atoms with Crippen molar-refractivity contribution in [3.05, 3.63) is 57.1 Å². The van der Waals surface area contributed by atoms with Crippen LogP contribution in [0.4, 0.5) is 0 Å². The lowest BCUT2D eigenvalue weighted by atomic mass is 9.78. The van der Waals surface area contributed by atoms with Crippen LogP contribution in [0, 0.1) is 5.92 Å². The van der Waals surface area contributed by atoms with Gasteiger partial charge in [0.25, 0.3) is 5.56 Å². The standard InChI is InChI=1S/C21H21N3O5/c1-2-28-19(27)15-16(29-18(26)14-6-4-3-5-7-14)17(25)24-12-13-8-10-21(22,11-9-13)20(24)23-15/h4,6-7,13H,2,8-12,22H2,1H3. The molecule has 0 saturated heterocycles. The van der Waals surface area contributed by atoms with Gasteiger partial charge in [-0.3, -0.25) is 9.36 Å². The first-order chi connectivity index (χ1) is 13.9. The van der Waals surface area contributed by atoms with Gasteiger partial charge in [0.2, 0.25) is 5.75 Å². The number of aromatic nitrogens is 2. The Labute approximate surface area is 167 Å². The molecule has 5 rings (SSSR count). The van der Waals surface area contributed by atoms with Crippen molar-refractivity contribution < 1.29 is 19.1 Å². The van der Waals surface area contributed by atoms with Gasteiger partial charge in [-0.05, 0) is 50.7 Å². The Hall–Kier alpha value is -3.18. The van der Waals surface area contributed by atoms with Crippen LogP contribution in [0.1, 0.15) is 48.9 Å². The topological polar surface area (TPSA) is 114 Å². The second kappa shape index (κ2) is 7.33. The molecule has 0 atom stereocenters. The van der Waals surface area contributed by atoms with Crippen molar-refractivity contribution in [3.8, 4) is 5.75 Å². The molecule has 0 aromatic carbocycles. The fourth-order valence-electron chi connectivity index (χ4n) is 4.00. The lowest BCUT2D eigenvalue weighted by Gasteiger charge is -2.32. The normalized spacial score (nSPS) is 23.9. The molecule has 0 amide bonds. The highest BCUT2D eigenvalue weighted by atomic mass is 16.6. The molecule has 1 aromatic rings. The maximum Gasteiger partial charge on any atom is 0.361 e. The second-order valence-corrected chi connectivity index (χ2v) is 7.46. The molecule has 1 fully saturated rings. The van der Waals surface area contributed by atoms with Gasteiger partial charge in [0, 0.05) is 12.6 Å². The molecule has 0 unspecified atom stereocenters. The maximum atomic E-state index is 13.3. The summed E-state index contributed by atoms with van der Waals surface area (Å²) in [6.45, 7) is 2.16. The number of ether oxygens (including phenoxy) is 2. The summed E-state index contributed by atoms with van der Waals surface area (Å²) in [5, 5.41) is 0. The summed E-state index contributed by atoms with van der Waals surface area (Å²) in [7, 11) is 0. The van der Waals surface area contributed by atoms with Crippen molar-refractivity contribution in [2.75, 3.05) is 6.61 Å². The molecule has 2 aliphatic carbocycles. The smallest absolute Gasteiger partial charge is 0.361 e. The van der Waals surface area contributed by atoms with Gasteiger partial charge >= 0.3 is 11.9 Å². The number of nitrogens with zero attached hydrogens (tertiary/aromatic N) is 2. The zero-order valence-electron chi connectivity index (χ0n) is 16.1. The largest absolute Gasteiger partial charge is 0.461 e. The van der Waals surface area contributed by atoms with E-state index in [0.717, 1.165) is 12.8 Å². The van der Waals surface area contributed by atoms with Crippen LogP contribution in [-0.4, -0.2) is 28.1 Å². The number of carbonyl (C=O) groups excluding carboxylic acids is 2. The number of rotatable bonds is 4. The van der Waals surface area contributed by atoms with Crippen LogP contribution < -0.4 is 16.0 Å². The van der Waals surface area contributed by atoms with Gasteiger partial charge in [-0.15, -0.1) is 0 Å². The first kappa shape index (κ1) is 19.2. The first-order valence-electron chi connectivity index (χ1n) is 9.64. The SMILES string of the molecule is CCOC(=O)c1nc2n(c(=O)c1OC(=O)C1=CC=C=C=C1)CC1CCC2(N)CC1. The van der Waals surface area contributed by atoms with Crippen molar-refractivity contribution in [1.29, 1.82) is 0 Å². The highest BCUT2D eigenvalue weighted by Gasteiger charge is 2.42. The molecule has 1 saturated carbocycles. The van der Waals surface area contributed by atoms with Gasteiger partial charge in [-0.2, -0.15) is 0 Å². The molecular formula is C21H21N3O5. The predicted octanol–water partition coefficient (Wildman–Crippen LogP) is 1.49. The van der Waals surface area contributed by atoms with E-state index in [1.165, 1.54) is 22.8 Å². The van der Waals surface area contributed by atoms with Gasteiger partial charge in [0.05, 0.1) is 17.7 Å². The van der Waals surface area contributed by atoms with E-state index in [2.05, 4.69) is 16.4 Å². The van der Waals surface area contributed by atoms with Crippen LogP contribution in [0.3, 0.4) is 0 Å². The van der Waals surface area contributed by atoms with E-state index in [-0.39, 0.29) is 17.9 Å². The number of fused-ring (bicyclic) bond motifs is 2. The number of hydrogen-bond donors (Lipinski definition) is 1. The van der Waals surface area contributed by atoms with Gasteiger partial charge in [-0.1, -0.05) is 11.5 Å². The molecule has 1 aromatic heterocycles. The van der Waals surface area contributed by atoms with E-state index in [9.17, 15) is 14.4 Å². The Morgan fingerprint density at radius 1 is 1.31 bits per heavy atom. The monoisotopic (exact) mass is 395 g/mol. The molecule has 2 N–H and O–H groups in total. The van der Waals surface area contributed by atoms with Crippen LogP contribution >= 0.6 is 0 Å². The van der Waals surface area contributed by atoms with E-state index in [1.54, 1.807) is 6.92 Å². The Morgan fingerprint density at radius 3 is 2.72 bits per heavy atom. The highest BCUT2D eigenvalue weighted by molar-refractivity contribution is 5.96. The molecule has 2 bridgehead atoms. The van der Waals surface area contributed by atoms with E-state index in [0.29, 0.717) is 31.1 Å². The molecule has 3 heterocycles. The zero-order valence-corrected chi connectivity index (χ0v) is 16.1. The van der Waals surface area contributed by atoms with Gasteiger partial charge in [0.15, 0.2) is 5.69 Å². The summed E-state index contributed by atoms with van der Waals surface area (Å²) >= 11 is 0. The lowest BCUT2D eigenvalue weighted by Crippen LogP contribution is -2.43. The van der Waals surface area contributed by atoms with E-state index in [4.69, 9.17) is 15.2 Å². The van der Waals surface area contributed by atoms with Crippen LogP contribution in [0.25, 0.3) is 0 Å². The second-order valence-electron chi connectivity index (χ2n) is 7.46. The third-order valence-corrected chi connectivity index (χ3v) is 5.57. The Balaban J connectivity index is 1.84. The minimum Gasteiger partial charge on any atom is -0.461 e. The van der Waals surface area contributed by atoms with Crippen LogP contribution in [0.15, 0.2) is 40.1 Å². The highest BCUT2D eigenvalue weighted by Crippen LogP contribution is 2.41. The Bertz CT molecular complexity index is 1080. The predicted molar refractivity (Wildman–Crippen MR) is 102 cm³/mol. The summed E-state index contributed by atoms with van der Waals surface area (Å²) in [5.41, 5.74) is 10.4. The van der Waals surface area contributed by atoms with Crippen molar-refractivity contribution >= 4 is 11.9 Å². The number of carbonyl (C=O) groups is 2. The Kier molecular flexibility index (Phi) is 4.84. The number of allylic oxidation sites excluding steroid dienone is 2. The quantitative estimate of drug-likeness (QED) is 0.607. The van der Waals surface area contributed by atoms with Crippen molar-refractivity contribution in [1.82, 2.24) is 9.55 Å². The summed E-state index contributed by atoms with van der Waals surface area (Å²) in [5.74, 6) is -1.41. The van der Waals surface area contributed by atoms with Crippen molar-refractivity contribution in [2.24, 2.45) is 11.7 Å². The fourth-order valence-corrected chi connectivity index (χ4v) is 4.00. The average Bonchev–Trinajstić information content (AvgIpc) is 2.95. The van der Waals surface area contributed by atoms with Crippen molar-refractivity contribution in [2.45, 2.75) is 44.7 Å². The zero-order chi connectivity index (χ0) is 20.6. The molecule has 0 radical (unpaired) electrons. The lowest BCUT2D eigenvalue weighted by molar-refractivity contribution is -0.129. The molecule has 2 aliphatic heterocycles. The summed E-state index contributed by atoms with van der Waals surface area (Å²) in [6, 6.07) is 0. The third kappa shape index (κ3) is 3.38. The molecular weight excluding hydrogens is 374 g/mol. The molecule has 150 valence electrons. The molecule has 8 heteroatoms. The molecule has 8 nitrogen and oxygen atoms in total. The van der Waals surface area contributed by atoms with Crippen LogP contribution in [0.5, 0.6) is 5.75 Å². The van der Waals surface area contributed by atoms with Crippen molar-refractivity contribution in [3.63, 3.8) is 0 Å². The molecule has 0 spiro atoms. The number of hydrogen-bond acceptors (Lipinski definition) is 7. The minimum absolute atomic E-state index is 0.0889. The van der Waals surface area contributed by atoms with Gasteiger partial charge in [0.1, 0.15) is 5.82 Å². The van der Waals surface area contributed by atoms with E-state index < -0.39 is 28.8 Å². The van der Waals surface area contributed by atoms with Gasteiger partial charge in [-0.25, -0.2) is 14.6 Å². The number of esters is 2. The van der Waals surface area contributed by atoms with Crippen LogP contribution in [0.2, 0.25) is 0 Å². The minimum atomic E-state index is -0.828. The Morgan fingerprint density at radius 2 is 2.07 bits per heavy atom. The summed E-state index contributed by atoms with van der Waals surface area (Å²) < 4.78 is 11.9. The molecule has 29 heavy (non-hydrogen) atoms. The summed E-state index contributed by atoms with van der Waals surface area (Å²) in [6.07, 6.45) is 7.48. The number of nitrogens with two attached hydrogens (primary N) is 1.